The highest BCUT2D eigenvalue weighted by molar-refractivity contribution is 6.19. The molecular formula is C13H12ClF3N2O3. The van der Waals surface area contributed by atoms with Gasteiger partial charge in [0.15, 0.2) is 0 Å². The van der Waals surface area contributed by atoms with E-state index in [1.165, 1.54) is 13.0 Å². The van der Waals surface area contributed by atoms with Gasteiger partial charge < -0.3 is 9.84 Å². The van der Waals surface area contributed by atoms with Gasteiger partial charge in [0.1, 0.15) is 5.76 Å². The van der Waals surface area contributed by atoms with E-state index < -0.39 is 35.0 Å². The number of esters is 1. The van der Waals surface area contributed by atoms with E-state index in [1.807, 2.05) is 0 Å². The summed E-state index contributed by atoms with van der Waals surface area (Å²) >= 11 is 5.39. The number of hydrogen-bond donors (Lipinski definition) is 1. The molecule has 9 heteroatoms. The molecule has 22 heavy (non-hydrogen) atoms. The van der Waals surface area contributed by atoms with E-state index in [0.717, 1.165) is 18.2 Å². The van der Waals surface area contributed by atoms with Gasteiger partial charge in [-0.2, -0.15) is 18.3 Å². The van der Waals surface area contributed by atoms with Crippen molar-refractivity contribution >= 4 is 23.3 Å². The zero-order valence-electron chi connectivity index (χ0n) is 11.4. The van der Waals surface area contributed by atoms with Crippen LogP contribution >= 0.6 is 11.6 Å². The first kappa shape index (κ1) is 18.0. The number of carbonyl (C=O) groups excluding carboxylic acids is 1. The Kier molecular flexibility index (Phi) is 6.36. The molecule has 0 heterocycles. The highest BCUT2D eigenvalue weighted by Crippen LogP contribution is 2.31. The quantitative estimate of drug-likeness (QED) is 0.285. The molecule has 120 valence electrons. The molecule has 5 nitrogen and oxygen atoms in total. The lowest BCUT2D eigenvalue weighted by atomic mass is 10.2. The molecule has 0 saturated heterocycles. The van der Waals surface area contributed by atoms with Crippen LogP contribution in [0.15, 0.2) is 46.0 Å². The SMILES string of the molecule is CCOC(=O)C(N=Nc1cccc(C(F)(F)F)c1)=C(O)CCl. The molecule has 0 unspecified atom stereocenters. The third-order valence-electron chi connectivity index (χ3n) is 2.31. The topological polar surface area (TPSA) is 71.2 Å². The van der Waals surface area contributed by atoms with Crippen molar-refractivity contribution in [2.45, 2.75) is 13.1 Å². The van der Waals surface area contributed by atoms with Crippen molar-refractivity contribution in [2.75, 3.05) is 12.5 Å². The maximum Gasteiger partial charge on any atom is 0.416 e. The molecule has 0 aliphatic carbocycles. The van der Waals surface area contributed by atoms with Crippen LogP contribution in [0.2, 0.25) is 0 Å². The summed E-state index contributed by atoms with van der Waals surface area (Å²) in [4.78, 5) is 11.6. The van der Waals surface area contributed by atoms with Crippen molar-refractivity contribution in [2.24, 2.45) is 10.2 Å². The average Bonchev–Trinajstić information content (AvgIpc) is 2.47. The van der Waals surface area contributed by atoms with Crippen molar-refractivity contribution in [3.63, 3.8) is 0 Å². The van der Waals surface area contributed by atoms with Crippen LogP contribution in [0.4, 0.5) is 18.9 Å². The monoisotopic (exact) mass is 336 g/mol. The van der Waals surface area contributed by atoms with Gasteiger partial charge in [-0.05, 0) is 25.1 Å². The average molecular weight is 337 g/mol. The minimum absolute atomic E-state index is 0.0248. The highest BCUT2D eigenvalue weighted by Gasteiger charge is 2.30. The van der Waals surface area contributed by atoms with Crippen molar-refractivity contribution in [3.05, 3.63) is 41.3 Å². The van der Waals surface area contributed by atoms with Crippen LogP contribution in [0.25, 0.3) is 0 Å². The largest absolute Gasteiger partial charge is 0.508 e. The van der Waals surface area contributed by atoms with Crippen molar-refractivity contribution in [3.8, 4) is 0 Å². The second-order valence-electron chi connectivity index (χ2n) is 3.90. The summed E-state index contributed by atoms with van der Waals surface area (Å²) in [6.45, 7) is 1.56. The Morgan fingerprint density at radius 2 is 2.09 bits per heavy atom. The lowest BCUT2D eigenvalue weighted by Gasteiger charge is -2.06. The molecule has 0 spiro atoms. The maximum absolute atomic E-state index is 12.6. The van der Waals surface area contributed by atoms with Crippen LogP contribution in [-0.4, -0.2) is 23.6 Å². The van der Waals surface area contributed by atoms with E-state index in [4.69, 9.17) is 11.6 Å². The van der Waals surface area contributed by atoms with Gasteiger partial charge in [0.2, 0.25) is 5.70 Å². The second-order valence-corrected chi connectivity index (χ2v) is 4.16. The smallest absolute Gasteiger partial charge is 0.416 e. The summed E-state index contributed by atoms with van der Waals surface area (Å²) < 4.78 is 42.3. The predicted molar refractivity (Wildman–Crippen MR) is 73.0 cm³/mol. The summed E-state index contributed by atoms with van der Waals surface area (Å²) in [6, 6.07) is 4.03. The van der Waals surface area contributed by atoms with Crippen molar-refractivity contribution in [1.29, 1.82) is 0 Å². The van der Waals surface area contributed by atoms with E-state index in [2.05, 4.69) is 15.0 Å². The van der Waals surface area contributed by atoms with Gasteiger partial charge >= 0.3 is 12.1 Å². The summed E-state index contributed by atoms with van der Waals surface area (Å²) in [5.74, 6) is -1.98. The Morgan fingerprint density at radius 1 is 1.41 bits per heavy atom. The van der Waals surface area contributed by atoms with Gasteiger partial charge in [-0.1, -0.05) is 6.07 Å². The van der Waals surface area contributed by atoms with E-state index in [1.54, 1.807) is 0 Å². The number of carbonyl (C=O) groups is 1. The molecule has 0 aromatic heterocycles. The summed E-state index contributed by atoms with van der Waals surface area (Å²) in [7, 11) is 0. The normalized spacial score (nSPS) is 13.1. The molecule has 0 atom stereocenters. The molecule has 1 rings (SSSR count). The summed E-state index contributed by atoms with van der Waals surface area (Å²) in [5, 5.41) is 16.4. The molecule has 0 radical (unpaired) electrons. The number of nitrogens with zero attached hydrogens (tertiary/aromatic N) is 2. The van der Waals surface area contributed by atoms with Crippen LogP contribution in [0.1, 0.15) is 12.5 Å². The fourth-order valence-corrected chi connectivity index (χ4v) is 1.46. The highest BCUT2D eigenvalue weighted by atomic mass is 35.5. The van der Waals surface area contributed by atoms with E-state index in [0.29, 0.717) is 0 Å². The Morgan fingerprint density at radius 3 is 2.64 bits per heavy atom. The standard InChI is InChI=1S/C13H12ClF3N2O3/c1-2-22-12(21)11(10(20)7-14)19-18-9-5-3-4-8(6-9)13(15,16)17/h3-6,20H,2,7H2,1H3. The van der Waals surface area contributed by atoms with Crippen LogP contribution < -0.4 is 0 Å². The molecule has 0 fully saturated rings. The molecule has 1 aromatic rings. The zero-order chi connectivity index (χ0) is 16.8. The van der Waals surface area contributed by atoms with Crippen LogP contribution in [0.3, 0.4) is 0 Å². The number of benzene rings is 1. The zero-order valence-corrected chi connectivity index (χ0v) is 12.1. The van der Waals surface area contributed by atoms with Crippen molar-refractivity contribution < 1.29 is 27.8 Å². The number of hydrogen-bond acceptors (Lipinski definition) is 5. The first-order valence-electron chi connectivity index (χ1n) is 6.03. The number of ether oxygens (including phenoxy) is 1. The Bertz CT molecular complexity index is 600. The Labute approximate surface area is 129 Å². The molecule has 0 amide bonds. The molecule has 0 saturated carbocycles. The van der Waals surface area contributed by atoms with Gasteiger partial charge in [0, 0.05) is 0 Å². The fourth-order valence-electron chi connectivity index (χ4n) is 1.33. The number of aliphatic hydroxyl groups excluding tert-OH is 1. The van der Waals surface area contributed by atoms with E-state index in [-0.39, 0.29) is 12.3 Å². The maximum atomic E-state index is 12.6. The second kappa shape index (κ2) is 7.79. The minimum Gasteiger partial charge on any atom is -0.508 e. The predicted octanol–water partition coefficient (Wildman–Crippen LogP) is 4.36. The third-order valence-corrected chi connectivity index (χ3v) is 2.56. The number of alkyl halides is 4. The number of halogens is 4. The van der Waals surface area contributed by atoms with Crippen LogP contribution in [0.5, 0.6) is 0 Å². The van der Waals surface area contributed by atoms with Crippen LogP contribution in [0, 0.1) is 0 Å². The lowest BCUT2D eigenvalue weighted by Crippen LogP contribution is -2.09. The fraction of sp³-hybridized carbons (Fsp3) is 0.308. The number of allylic oxidation sites excluding steroid dienone is 1. The number of rotatable bonds is 5. The minimum atomic E-state index is -4.52. The van der Waals surface area contributed by atoms with Gasteiger partial charge in [0.05, 0.1) is 23.7 Å². The summed E-state index contributed by atoms with van der Waals surface area (Å²) in [6.07, 6.45) is -4.52. The molecule has 1 N–H and O–H groups in total. The Hall–Kier alpha value is -2.09. The lowest BCUT2D eigenvalue weighted by molar-refractivity contribution is -0.139. The molecular weight excluding hydrogens is 325 g/mol. The molecule has 0 bridgehead atoms. The third kappa shape index (κ3) is 5.03. The molecule has 0 aliphatic heterocycles. The van der Waals surface area contributed by atoms with E-state index in [9.17, 15) is 23.1 Å². The Balaban J connectivity index is 3.09. The van der Waals surface area contributed by atoms with Crippen LogP contribution in [-0.2, 0) is 15.7 Å². The van der Waals surface area contributed by atoms with Gasteiger partial charge in [-0.3, -0.25) is 0 Å². The van der Waals surface area contributed by atoms with Crippen molar-refractivity contribution in [1.82, 2.24) is 0 Å². The van der Waals surface area contributed by atoms with E-state index >= 15 is 0 Å². The van der Waals surface area contributed by atoms with Gasteiger partial charge in [0.25, 0.3) is 0 Å². The molecule has 0 aliphatic rings. The molecule has 1 aromatic carbocycles. The first-order valence-corrected chi connectivity index (χ1v) is 6.57. The summed E-state index contributed by atoms with van der Waals surface area (Å²) in [5.41, 5.74) is -1.61. The van der Waals surface area contributed by atoms with Gasteiger partial charge in [-0.15, -0.1) is 16.7 Å². The first-order chi connectivity index (χ1) is 10.3. The number of azo groups is 1. The van der Waals surface area contributed by atoms with Gasteiger partial charge in [-0.25, -0.2) is 4.79 Å². The number of aliphatic hydroxyl groups is 1.